The van der Waals surface area contributed by atoms with Crippen LogP contribution in [-0.2, 0) is 5.41 Å². The van der Waals surface area contributed by atoms with Crippen LogP contribution >= 0.6 is 23.4 Å². The Morgan fingerprint density at radius 2 is 1.77 bits per heavy atom. The summed E-state index contributed by atoms with van der Waals surface area (Å²) in [6.45, 7) is 0.559. The minimum atomic E-state index is 0.175. The van der Waals surface area contributed by atoms with Gasteiger partial charge in [0.25, 0.3) is 5.22 Å². The molecule has 1 aromatic carbocycles. The van der Waals surface area contributed by atoms with E-state index in [1.807, 2.05) is 24.3 Å². The standard InChI is InChI=1S/C20H23ClN2O2S/c21-16-3-1-2-4-17(16)24-5-6-26-19-23-22-18(25-19)20-10-13-7-14(11-20)9-15(8-13)12-20/h1-4,13-15H,5-12H2. The van der Waals surface area contributed by atoms with Crippen molar-refractivity contribution in [2.45, 2.75) is 49.2 Å². The van der Waals surface area contributed by atoms with E-state index in [4.69, 9.17) is 20.8 Å². The van der Waals surface area contributed by atoms with E-state index in [1.165, 1.54) is 38.5 Å². The molecule has 1 heterocycles. The van der Waals surface area contributed by atoms with Gasteiger partial charge in [-0.05, 0) is 68.4 Å². The second-order valence-corrected chi connectivity index (χ2v) is 9.65. The highest BCUT2D eigenvalue weighted by atomic mass is 35.5. The molecule has 4 bridgehead atoms. The molecule has 0 radical (unpaired) electrons. The molecule has 0 spiro atoms. The van der Waals surface area contributed by atoms with E-state index in [-0.39, 0.29) is 5.41 Å². The number of para-hydroxylation sites is 1. The summed E-state index contributed by atoms with van der Waals surface area (Å²) in [6.07, 6.45) is 8.03. The summed E-state index contributed by atoms with van der Waals surface area (Å²) in [7, 11) is 0. The van der Waals surface area contributed by atoms with E-state index in [0.717, 1.165) is 35.1 Å². The average Bonchev–Trinajstić information content (AvgIpc) is 3.09. The van der Waals surface area contributed by atoms with E-state index in [0.29, 0.717) is 16.9 Å². The fraction of sp³-hybridized carbons (Fsp3) is 0.600. The number of rotatable bonds is 6. The van der Waals surface area contributed by atoms with Crippen LogP contribution in [-0.4, -0.2) is 22.6 Å². The Kier molecular flexibility index (Phi) is 4.40. The van der Waals surface area contributed by atoms with Gasteiger partial charge in [0.1, 0.15) is 5.75 Å². The molecular weight excluding hydrogens is 368 g/mol. The molecule has 4 fully saturated rings. The van der Waals surface area contributed by atoms with Crippen LogP contribution in [0, 0.1) is 17.8 Å². The number of halogens is 1. The molecule has 0 amide bonds. The Labute approximate surface area is 163 Å². The van der Waals surface area contributed by atoms with Gasteiger partial charge < -0.3 is 9.15 Å². The largest absolute Gasteiger partial charge is 0.491 e. The number of ether oxygens (including phenoxy) is 1. The first-order valence-electron chi connectivity index (χ1n) is 9.54. The van der Waals surface area contributed by atoms with Crippen molar-refractivity contribution in [2.24, 2.45) is 17.8 Å². The summed E-state index contributed by atoms with van der Waals surface area (Å²) in [5.41, 5.74) is 0.175. The quantitative estimate of drug-likeness (QED) is 0.490. The fourth-order valence-corrected chi connectivity index (χ4v) is 6.47. The number of hydrogen-bond acceptors (Lipinski definition) is 5. The summed E-state index contributed by atoms with van der Waals surface area (Å²) in [4.78, 5) is 0. The monoisotopic (exact) mass is 390 g/mol. The Morgan fingerprint density at radius 3 is 2.46 bits per heavy atom. The first-order chi connectivity index (χ1) is 12.7. The van der Waals surface area contributed by atoms with Gasteiger partial charge in [-0.15, -0.1) is 10.2 Å². The van der Waals surface area contributed by atoms with Gasteiger partial charge in [0.15, 0.2) is 0 Å². The highest BCUT2D eigenvalue weighted by Gasteiger charge is 2.54. The van der Waals surface area contributed by atoms with Crippen molar-refractivity contribution in [1.29, 1.82) is 0 Å². The molecule has 0 aliphatic heterocycles. The van der Waals surface area contributed by atoms with Gasteiger partial charge in [-0.25, -0.2) is 0 Å². The first kappa shape index (κ1) is 16.9. The molecule has 138 valence electrons. The van der Waals surface area contributed by atoms with E-state index in [2.05, 4.69) is 10.2 Å². The van der Waals surface area contributed by atoms with Crippen LogP contribution in [0.4, 0.5) is 0 Å². The molecular formula is C20H23ClN2O2S. The second-order valence-electron chi connectivity index (χ2n) is 8.20. The lowest BCUT2D eigenvalue weighted by molar-refractivity contribution is -0.0191. The van der Waals surface area contributed by atoms with Crippen molar-refractivity contribution in [3.8, 4) is 5.75 Å². The van der Waals surface area contributed by atoms with Crippen molar-refractivity contribution in [3.63, 3.8) is 0 Å². The number of benzene rings is 1. The van der Waals surface area contributed by atoms with E-state index in [9.17, 15) is 0 Å². The lowest BCUT2D eigenvalue weighted by Gasteiger charge is -2.55. The molecule has 4 nitrogen and oxygen atoms in total. The minimum Gasteiger partial charge on any atom is -0.491 e. The predicted octanol–water partition coefficient (Wildman–Crippen LogP) is 5.36. The lowest BCUT2D eigenvalue weighted by atomic mass is 9.49. The number of thioether (sulfide) groups is 1. The fourth-order valence-electron chi connectivity index (χ4n) is 5.70. The third-order valence-corrected chi connectivity index (χ3v) is 7.40. The molecule has 0 unspecified atom stereocenters. The van der Waals surface area contributed by atoms with Crippen molar-refractivity contribution in [3.05, 3.63) is 35.2 Å². The van der Waals surface area contributed by atoms with Crippen LogP contribution in [0.25, 0.3) is 0 Å². The van der Waals surface area contributed by atoms with Gasteiger partial charge in [0.2, 0.25) is 5.89 Å². The third-order valence-electron chi connectivity index (χ3n) is 6.30. The maximum absolute atomic E-state index is 6.10. The second kappa shape index (κ2) is 6.75. The lowest BCUT2D eigenvalue weighted by Crippen LogP contribution is -2.48. The van der Waals surface area contributed by atoms with E-state index < -0.39 is 0 Å². The Balaban J connectivity index is 1.19. The van der Waals surface area contributed by atoms with E-state index >= 15 is 0 Å². The highest BCUT2D eigenvalue weighted by molar-refractivity contribution is 7.99. The zero-order valence-electron chi connectivity index (χ0n) is 14.7. The van der Waals surface area contributed by atoms with Crippen LogP contribution in [0.1, 0.15) is 44.4 Å². The summed E-state index contributed by atoms with van der Waals surface area (Å²) in [5.74, 6) is 5.02. The SMILES string of the molecule is Clc1ccccc1OCCSc1nnc(C23CC4CC(CC(C4)C2)C3)o1. The summed E-state index contributed by atoms with van der Waals surface area (Å²) >= 11 is 7.66. The van der Waals surface area contributed by atoms with Crippen LogP contribution in [0.2, 0.25) is 5.02 Å². The third kappa shape index (κ3) is 3.13. The summed E-state index contributed by atoms with van der Waals surface area (Å²) in [5, 5.41) is 10.1. The summed E-state index contributed by atoms with van der Waals surface area (Å²) < 4.78 is 11.8. The molecule has 0 N–H and O–H groups in total. The van der Waals surface area contributed by atoms with Gasteiger partial charge >= 0.3 is 0 Å². The van der Waals surface area contributed by atoms with Gasteiger partial charge in [0.05, 0.1) is 11.6 Å². The first-order valence-corrected chi connectivity index (χ1v) is 10.9. The van der Waals surface area contributed by atoms with Gasteiger partial charge in [-0.2, -0.15) is 0 Å². The van der Waals surface area contributed by atoms with Crippen LogP contribution in [0.3, 0.4) is 0 Å². The molecule has 6 heteroatoms. The van der Waals surface area contributed by atoms with Crippen molar-refractivity contribution in [2.75, 3.05) is 12.4 Å². The predicted molar refractivity (Wildman–Crippen MR) is 102 cm³/mol. The molecule has 26 heavy (non-hydrogen) atoms. The smallest absolute Gasteiger partial charge is 0.276 e. The van der Waals surface area contributed by atoms with Gasteiger partial charge in [-0.3, -0.25) is 0 Å². The summed E-state index contributed by atoms with van der Waals surface area (Å²) in [6, 6.07) is 7.53. The Bertz CT molecular complexity index is 758. The molecule has 2 aromatic rings. The van der Waals surface area contributed by atoms with Crippen LogP contribution in [0.15, 0.2) is 33.9 Å². The number of aromatic nitrogens is 2. The van der Waals surface area contributed by atoms with Crippen molar-refractivity contribution >= 4 is 23.4 Å². The highest BCUT2D eigenvalue weighted by Crippen LogP contribution is 2.60. The van der Waals surface area contributed by atoms with Gasteiger partial charge in [0, 0.05) is 11.2 Å². The van der Waals surface area contributed by atoms with Crippen molar-refractivity contribution < 1.29 is 9.15 Å². The number of nitrogens with zero attached hydrogens (tertiary/aromatic N) is 2. The van der Waals surface area contributed by atoms with Crippen molar-refractivity contribution in [1.82, 2.24) is 10.2 Å². The molecule has 0 saturated heterocycles. The Hall–Kier alpha value is -1.20. The minimum absolute atomic E-state index is 0.175. The average molecular weight is 391 g/mol. The molecule has 4 saturated carbocycles. The zero-order valence-corrected chi connectivity index (χ0v) is 16.3. The van der Waals surface area contributed by atoms with E-state index in [1.54, 1.807) is 11.8 Å². The zero-order chi connectivity index (χ0) is 17.6. The normalized spacial score (nSPS) is 32.1. The topological polar surface area (TPSA) is 48.2 Å². The maximum Gasteiger partial charge on any atom is 0.276 e. The maximum atomic E-state index is 6.10. The van der Waals surface area contributed by atoms with Crippen LogP contribution in [0.5, 0.6) is 5.75 Å². The van der Waals surface area contributed by atoms with Gasteiger partial charge in [-0.1, -0.05) is 35.5 Å². The Morgan fingerprint density at radius 1 is 1.08 bits per heavy atom. The van der Waals surface area contributed by atoms with Crippen LogP contribution < -0.4 is 4.74 Å². The molecule has 4 aliphatic rings. The molecule has 6 rings (SSSR count). The number of hydrogen-bond donors (Lipinski definition) is 0. The molecule has 0 atom stereocenters. The molecule has 1 aromatic heterocycles. The molecule has 4 aliphatic carbocycles.